The largest absolute Gasteiger partial charge is 0.507 e. The number of ether oxygens (including phenoxy) is 4. The van der Waals surface area contributed by atoms with Crippen LogP contribution in [-0.4, -0.2) is 133 Å². The van der Waals surface area contributed by atoms with E-state index in [1.807, 2.05) is 172 Å². The number of hydrogen-bond donors (Lipinski definition) is 4. The quantitative estimate of drug-likeness (QED) is 0.0516. The number of benzene rings is 12. The number of phenolic OH excluding ortho intramolecular Hbond substituents is 4. The molecule has 0 saturated carbocycles. The normalized spacial score (nSPS) is 10.6. The van der Waals surface area contributed by atoms with E-state index in [-0.39, 0.29) is 28.8 Å². The van der Waals surface area contributed by atoms with Crippen LogP contribution in [0.5, 0.6) is 23.0 Å². The van der Waals surface area contributed by atoms with Crippen LogP contribution in [0.2, 0.25) is 5.02 Å². The van der Waals surface area contributed by atoms with Crippen LogP contribution in [-0.2, 0) is 18.9 Å². The summed E-state index contributed by atoms with van der Waals surface area (Å²) in [5.41, 5.74) is 12.5. The van der Waals surface area contributed by atoms with E-state index in [1.165, 1.54) is 34.5 Å². The number of carbonyl (C=O) groups excluding carboxylic acids is 4. The van der Waals surface area contributed by atoms with E-state index in [1.54, 1.807) is 133 Å². The highest BCUT2D eigenvalue weighted by atomic mass is 35.5. The summed E-state index contributed by atoms with van der Waals surface area (Å²) in [6, 6.07) is 86.2. The van der Waals surface area contributed by atoms with Crippen molar-refractivity contribution in [2.45, 2.75) is 20.8 Å². The van der Waals surface area contributed by atoms with E-state index in [4.69, 9.17) is 30.5 Å². The van der Waals surface area contributed by atoms with Gasteiger partial charge in [-0.05, 0) is 123 Å². The van der Waals surface area contributed by atoms with Gasteiger partial charge in [-0.2, -0.15) is 0 Å². The molecule has 592 valence electrons. The number of aromatic nitrogens is 12. The lowest BCUT2D eigenvalue weighted by Crippen LogP contribution is -2.03. The van der Waals surface area contributed by atoms with Crippen LogP contribution in [0.15, 0.2) is 291 Å². The summed E-state index contributed by atoms with van der Waals surface area (Å²) < 4.78 is 19.0. The van der Waals surface area contributed by atoms with Crippen LogP contribution in [0, 0.1) is 20.8 Å². The molecule has 4 aromatic heterocycles. The number of carbonyl (C=O) groups is 4. The lowest BCUT2D eigenvalue weighted by atomic mass is 10.1. The van der Waals surface area contributed by atoms with E-state index in [9.17, 15) is 39.6 Å². The number of aryl methyl sites for hydroxylation is 3. The van der Waals surface area contributed by atoms with E-state index in [0.717, 1.165) is 55.6 Å². The van der Waals surface area contributed by atoms with Gasteiger partial charge in [0.05, 0.1) is 72.9 Å². The number of nitrogens with zero attached hydrogens (tertiary/aromatic N) is 12. The maximum absolute atomic E-state index is 11.7. The van der Waals surface area contributed by atoms with Crippen LogP contribution in [0.4, 0.5) is 0 Å². The molecule has 0 radical (unpaired) electrons. The topological polar surface area (TPSA) is 341 Å². The molecular weight excluding hydrogens is 1540 g/mol. The van der Waals surface area contributed by atoms with Crippen molar-refractivity contribution >= 4 is 35.5 Å². The molecule has 4 heterocycles. The molecule has 0 bridgehead atoms. The fraction of sp³-hybridized carbons (Fsp3) is 0.0737. The first-order chi connectivity index (χ1) is 58.2. The lowest BCUT2D eigenvalue weighted by molar-refractivity contribution is 0.0592. The molecule has 0 aliphatic rings. The average molecular weight is 1610 g/mol. The van der Waals surface area contributed by atoms with Crippen molar-refractivity contribution in [3.63, 3.8) is 0 Å². The van der Waals surface area contributed by atoms with Crippen molar-refractivity contribution in [1.82, 2.24) is 59.8 Å². The van der Waals surface area contributed by atoms with Crippen molar-refractivity contribution < 1.29 is 58.6 Å². The third kappa shape index (κ3) is 19.7. The Morgan fingerprint density at radius 3 is 0.833 bits per heavy atom. The van der Waals surface area contributed by atoms with Crippen molar-refractivity contribution in [3.8, 4) is 160 Å². The van der Waals surface area contributed by atoms with Gasteiger partial charge in [0.15, 0.2) is 69.9 Å². The molecule has 16 rings (SSSR count). The highest BCUT2D eigenvalue weighted by molar-refractivity contribution is 6.31. The highest BCUT2D eigenvalue weighted by Gasteiger charge is 2.23. The molecule has 25 heteroatoms. The zero-order valence-electron chi connectivity index (χ0n) is 65.5. The molecule has 4 N–H and O–H groups in total. The maximum Gasteiger partial charge on any atom is 0.337 e. The number of para-hydroxylation sites is 1. The number of methoxy groups -OCH3 is 4. The lowest BCUT2D eigenvalue weighted by Gasteiger charge is -2.11. The van der Waals surface area contributed by atoms with Crippen LogP contribution in [0.25, 0.3) is 137 Å². The van der Waals surface area contributed by atoms with Gasteiger partial charge in [0.25, 0.3) is 0 Å². The van der Waals surface area contributed by atoms with Crippen molar-refractivity contribution in [1.29, 1.82) is 0 Å². The molecular formula is C95H73ClN12O12. The third-order valence-electron chi connectivity index (χ3n) is 18.5. The Hall–Kier alpha value is -16.0. The molecule has 0 saturated heterocycles. The van der Waals surface area contributed by atoms with Gasteiger partial charge in [-0.1, -0.05) is 217 Å². The second-order valence-corrected chi connectivity index (χ2v) is 27.0. The number of aromatic hydroxyl groups is 4. The van der Waals surface area contributed by atoms with Crippen LogP contribution >= 0.6 is 11.6 Å². The first-order valence-corrected chi connectivity index (χ1v) is 37.5. The number of esters is 4. The van der Waals surface area contributed by atoms with E-state index < -0.39 is 23.9 Å². The molecule has 0 spiro atoms. The Kier molecular flexibility index (Phi) is 26.0. The minimum Gasteiger partial charge on any atom is -0.507 e. The molecule has 0 unspecified atom stereocenters. The predicted molar refractivity (Wildman–Crippen MR) is 456 cm³/mol. The number of phenols is 4. The van der Waals surface area contributed by atoms with Gasteiger partial charge in [-0.15, -0.1) is 0 Å². The minimum absolute atomic E-state index is 0.0107. The van der Waals surface area contributed by atoms with Crippen molar-refractivity contribution in [2.24, 2.45) is 0 Å². The SMILES string of the molecule is COC(=O)c1ccc(-c2nc(-c3ccccc3)nc(-c3c(C)cccc3O)n2)cc1.COC(=O)c1ccc(-c2nc(-c3ccccc3)nc(-c3cc(C)ccc3O)n2)cc1.COC(=O)c1ccc(-c2nc(-c3ccccc3)nc(-c3cc(Cl)ccc3O)n2)cc1.COC(=O)c1ccc(-c2nc(-c3ccccc3)nc(-c3cccc(C)c3O)n2)cc1. The van der Waals surface area contributed by atoms with Gasteiger partial charge in [-0.25, -0.2) is 79.0 Å². The van der Waals surface area contributed by atoms with E-state index in [2.05, 4.69) is 59.8 Å². The number of hydrogen-bond acceptors (Lipinski definition) is 24. The standard InChI is InChI=1S/3C24H19N3O3.C23H16ClN3O3/c1-15-7-6-10-19(28)20(15)23-26-21(16-8-4-3-5-9-16)25-22(27-23)17-11-13-18(14-12-17)24(29)30-2;1-15-7-6-10-19(20(15)28)23-26-21(16-8-4-3-5-9-16)25-22(27-23)17-11-13-18(14-12-17)24(29)30-2;1-15-8-13-20(28)19(14-15)23-26-21(16-6-4-3-5-7-16)25-22(27-23)17-9-11-18(12-10-17)24(29)30-2;1-30-23(29)16-9-7-15(8-10-16)21-25-20(14-5-3-2-4-6-14)26-22(27-21)18-13-17(24)11-12-19(18)28/h3*3-14,28H,1-2H3;2-13,28H,1H3. The van der Waals surface area contributed by atoms with Crippen LogP contribution in [0.1, 0.15) is 58.1 Å². The first-order valence-electron chi connectivity index (χ1n) is 37.1. The van der Waals surface area contributed by atoms with Crippen molar-refractivity contribution in [2.75, 3.05) is 28.4 Å². The Morgan fingerprint density at radius 2 is 0.517 bits per heavy atom. The van der Waals surface area contributed by atoms with E-state index in [0.29, 0.717) is 119 Å². The number of rotatable bonds is 16. The fourth-order valence-corrected chi connectivity index (χ4v) is 12.3. The van der Waals surface area contributed by atoms with E-state index >= 15 is 0 Å². The van der Waals surface area contributed by atoms with Crippen molar-refractivity contribution in [3.05, 3.63) is 335 Å². The molecule has 0 fully saturated rings. The van der Waals surface area contributed by atoms with Gasteiger partial charge in [0, 0.05) is 49.5 Å². The monoisotopic (exact) mass is 1610 g/mol. The average Bonchev–Trinajstić information content (AvgIpc) is 1.07. The smallest absolute Gasteiger partial charge is 0.337 e. The summed E-state index contributed by atoms with van der Waals surface area (Å²) in [7, 11) is 5.36. The van der Waals surface area contributed by atoms with Gasteiger partial charge in [0.2, 0.25) is 0 Å². The number of halogens is 1. The molecule has 0 atom stereocenters. The van der Waals surface area contributed by atoms with Crippen LogP contribution in [0.3, 0.4) is 0 Å². The minimum atomic E-state index is -0.424. The van der Waals surface area contributed by atoms with Gasteiger partial charge in [0.1, 0.15) is 23.0 Å². The molecule has 0 amide bonds. The van der Waals surface area contributed by atoms with Crippen LogP contribution < -0.4 is 0 Å². The Balaban J connectivity index is 0.000000138. The fourth-order valence-electron chi connectivity index (χ4n) is 12.2. The summed E-state index contributed by atoms with van der Waals surface area (Å²) in [6.07, 6.45) is 0. The molecule has 0 aliphatic heterocycles. The molecule has 16 aromatic rings. The first kappa shape index (κ1) is 82.0. The second kappa shape index (κ2) is 38.0. The third-order valence-corrected chi connectivity index (χ3v) is 18.7. The summed E-state index contributed by atoms with van der Waals surface area (Å²) in [6.45, 7) is 5.66. The molecule has 120 heavy (non-hydrogen) atoms. The Bertz CT molecular complexity index is 5970. The highest BCUT2D eigenvalue weighted by Crippen LogP contribution is 2.38. The Labute approximate surface area is 694 Å². The Morgan fingerprint density at radius 1 is 0.250 bits per heavy atom. The summed E-state index contributed by atoms with van der Waals surface area (Å²) in [4.78, 5) is 102. The van der Waals surface area contributed by atoms with Gasteiger partial charge < -0.3 is 39.4 Å². The predicted octanol–water partition coefficient (Wildman–Crippen LogP) is 19.0. The summed E-state index contributed by atoms with van der Waals surface area (Å²) in [5, 5.41) is 42.1. The zero-order chi connectivity index (χ0) is 84.3. The second-order valence-electron chi connectivity index (χ2n) is 26.6. The maximum atomic E-state index is 11.7. The molecule has 0 aliphatic carbocycles. The van der Waals surface area contributed by atoms with Gasteiger partial charge >= 0.3 is 23.9 Å². The van der Waals surface area contributed by atoms with Gasteiger partial charge in [-0.3, -0.25) is 0 Å². The summed E-state index contributed by atoms with van der Waals surface area (Å²) >= 11 is 6.12. The molecule has 12 aromatic carbocycles. The summed E-state index contributed by atoms with van der Waals surface area (Å²) in [5.74, 6) is 3.76. The zero-order valence-corrected chi connectivity index (χ0v) is 66.3. The molecule has 24 nitrogen and oxygen atoms in total.